The van der Waals surface area contributed by atoms with Gasteiger partial charge in [-0.25, -0.2) is 9.18 Å². The number of hydrogen-bond acceptors (Lipinski definition) is 7. The quantitative estimate of drug-likeness (QED) is 0.728. The van der Waals surface area contributed by atoms with Gasteiger partial charge in [-0.15, -0.1) is 10.2 Å². The average Bonchev–Trinajstić information content (AvgIpc) is 3.38. The maximum atomic E-state index is 15.2. The Hall–Kier alpha value is -3.40. The first-order valence-corrected chi connectivity index (χ1v) is 8.69. The highest BCUT2D eigenvalue weighted by atomic mass is 19.1. The Kier molecular flexibility index (Phi) is 3.63. The van der Waals surface area contributed by atoms with Crippen LogP contribution in [0, 0.1) is 5.82 Å². The number of hydrogen-bond donors (Lipinski definition) is 1. The summed E-state index contributed by atoms with van der Waals surface area (Å²) in [5.74, 6) is -0.0128. The summed E-state index contributed by atoms with van der Waals surface area (Å²) >= 11 is 0. The van der Waals surface area contributed by atoms with Gasteiger partial charge >= 0.3 is 6.09 Å². The van der Waals surface area contributed by atoms with Crippen LogP contribution in [0.4, 0.5) is 14.9 Å². The third-order valence-electron chi connectivity index (χ3n) is 5.09. The molecule has 0 radical (unpaired) electrons. The first-order chi connectivity index (χ1) is 13.6. The molecule has 1 fully saturated rings. The van der Waals surface area contributed by atoms with Gasteiger partial charge in [-0.2, -0.15) is 4.80 Å². The summed E-state index contributed by atoms with van der Waals surface area (Å²) in [7, 11) is 1.66. The van der Waals surface area contributed by atoms with E-state index >= 15 is 4.39 Å². The molecule has 3 aromatic rings. The molecule has 28 heavy (non-hydrogen) atoms. The molecule has 2 aromatic heterocycles. The minimum absolute atomic E-state index is 0.293. The Morgan fingerprint density at radius 2 is 2.18 bits per heavy atom. The first-order valence-electron chi connectivity index (χ1n) is 8.69. The van der Waals surface area contributed by atoms with Crippen LogP contribution < -0.4 is 4.90 Å². The van der Waals surface area contributed by atoms with E-state index in [0.717, 1.165) is 0 Å². The van der Waals surface area contributed by atoms with Gasteiger partial charge in [0.25, 0.3) is 0 Å². The Morgan fingerprint density at radius 3 is 2.86 bits per heavy atom. The molecule has 1 saturated heterocycles. The molecule has 0 saturated carbocycles. The van der Waals surface area contributed by atoms with Gasteiger partial charge in [0.15, 0.2) is 0 Å². The van der Waals surface area contributed by atoms with Crippen LogP contribution in [0.15, 0.2) is 30.5 Å². The van der Waals surface area contributed by atoms with Gasteiger partial charge in [0.2, 0.25) is 5.82 Å². The van der Waals surface area contributed by atoms with Gasteiger partial charge in [-0.05, 0) is 23.4 Å². The molecule has 4 heterocycles. The largest absolute Gasteiger partial charge is 0.441 e. The fourth-order valence-corrected chi connectivity index (χ4v) is 3.76. The number of tetrazole rings is 1. The summed E-state index contributed by atoms with van der Waals surface area (Å²) in [5.41, 5.74) is 2.45. The summed E-state index contributed by atoms with van der Waals surface area (Å²) in [6, 6.07) is 6.38. The fraction of sp³-hybridized carbons (Fsp3) is 0.278. The maximum absolute atomic E-state index is 15.2. The number of benzene rings is 1. The summed E-state index contributed by atoms with van der Waals surface area (Å²) in [6.07, 6.45) is 0.638. The van der Waals surface area contributed by atoms with E-state index in [1.165, 1.54) is 9.70 Å². The zero-order valence-electron chi connectivity index (χ0n) is 14.8. The van der Waals surface area contributed by atoms with E-state index in [-0.39, 0.29) is 12.6 Å². The van der Waals surface area contributed by atoms with Crippen molar-refractivity contribution in [3.05, 3.63) is 41.8 Å². The standard InChI is InChI=1S/C18H15FN6O3/c1-24-22-17(21-23-24)12-4-2-9(7-20-12)10-3-5-13-11(16(10)19)6-14-15(8-26)28-18(27)25(13)14/h2-5,7,14-15,26H,6,8H2,1H3/t14-,15-/m0/s1. The van der Waals surface area contributed by atoms with Crippen LogP contribution in [0.2, 0.25) is 0 Å². The van der Waals surface area contributed by atoms with Crippen LogP contribution in [0.25, 0.3) is 22.6 Å². The van der Waals surface area contributed by atoms with Gasteiger partial charge < -0.3 is 9.84 Å². The third kappa shape index (κ3) is 2.38. The molecule has 5 rings (SSSR count). The number of carbonyl (C=O) groups excluding carboxylic acids is 1. The van der Waals surface area contributed by atoms with Crippen molar-refractivity contribution in [1.29, 1.82) is 0 Å². The smallest absolute Gasteiger partial charge is 0.415 e. The third-order valence-corrected chi connectivity index (χ3v) is 5.09. The molecule has 142 valence electrons. The van der Waals surface area contributed by atoms with Gasteiger partial charge in [0.1, 0.15) is 17.6 Å². The summed E-state index contributed by atoms with van der Waals surface area (Å²) < 4.78 is 20.4. The molecule has 10 heteroatoms. The van der Waals surface area contributed by atoms with Crippen molar-refractivity contribution in [2.75, 3.05) is 11.5 Å². The van der Waals surface area contributed by atoms with E-state index in [9.17, 15) is 9.90 Å². The Balaban J connectivity index is 1.50. The Labute approximate surface area is 158 Å². The molecule has 0 bridgehead atoms. The van der Waals surface area contributed by atoms with Crippen LogP contribution in [0.3, 0.4) is 0 Å². The predicted molar refractivity (Wildman–Crippen MR) is 94.7 cm³/mol. The second-order valence-electron chi connectivity index (χ2n) is 6.71. The molecular formula is C18H15FN6O3. The molecular weight excluding hydrogens is 367 g/mol. The van der Waals surface area contributed by atoms with Crippen LogP contribution in [0.5, 0.6) is 0 Å². The Morgan fingerprint density at radius 1 is 1.32 bits per heavy atom. The van der Waals surface area contributed by atoms with Crippen LogP contribution in [-0.4, -0.2) is 55.1 Å². The number of rotatable bonds is 3. The molecule has 1 aromatic carbocycles. The number of fused-ring (bicyclic) bond motifs is 3. The lowest BCUT2D eigenvalue weighted by Crippen LogP contribution is -2.34. The van der Waals surface area contributed by atoms with Crippen molar-refractivity contribution >= 4 is 11.8 Å². The minimum atomic E-state index is -0.650. The van der Waals surface area contributed by atoms with Gasteiger partial charge in [0, 0.05) is 29.3 Å². The number of carbonyl (C=O) groups is 1. The van der Waals surface area contributed by atoms with E-state index in [0.29, 0.717) is 40.3 Å². The van der Waals surface area contributed by atoms with E-state index in [2.05, 4.69) is 20.4 Å². The SMILES string of the molecule is Cn1nnc(-c2ccc(-c3ccc4c(c3F)C[C@H]3[C@H](CO)OC(=O)N43)cn2)n1. The average molecular weight is 382 g/mol. The minimum Gasteiger partial charge on any atom is -0.441 e. The second kappa shape index (κ2) is 6.06. The Bertz CT molecular complexity index is 1080. The first kappa shape index (κ1) is 16.8. The molecule has 0 aliphatic carbocycles. The van der Waals surface area contributed by atoms with Crippen LogP contribution >= 0.6 is 0 Å². The van der Waals surface area contributed by atoms with Crippen LogP contribution in [0.1, 0.15) is 5.56 Å². The van der Waals surface area contributed by atoms with Gasteiger partial charge in [0.05, 0.1) is 25.4 Å². The van der Waals surface area contributed by atoms with Crippen molar-refractivity contribution in [2.45, 2.75) is 18.6 Å². The topological polar surface area (TPSA) is 106 Å². The normalized spacial score (nSPS) is 20.2. The number of cyclic esters (lactones) is 1. The molecule has 1 N–H and O–H groups in total. The molecule has 0 unspecified atom stereocenters. The highest BCUT2D eigenvalue weighted by molar-refractivity contribution is 5.94. The summed E-state index contributed by atoms with van der Waals surface area (Å²) in [5, 5.41) is 21.2. The number of pyridine rings is 1. The van der Waals surface area contributed by atoms with E-state index < -0.39 is 18.0 Å². The van der Waals surface area contributed by atoms with E-state index in [1.54, 1.807) is 37.5 Å². The number of anilines is 1. The zero-order chi connectivity index (χ0) is 19.4. The zero-order valence-corrected chi connectivity index (χ0v) is 14.8. The highest BCUT2D eigenvalue weighted by Gasteiger charge is 2.48. The molecule has 9 nitrogen and oxygen atoms in total. The molecule has 2 aliphatic heterocycles. The number of aliphatic hydroxyl groups excluding tert-OH is 1. The van der Waals surface area contributed by atoms with Crippen LogP contribution in [-0.2, 0) is 18.2 Å². The lowest BCUT2D eigenvalue weighted by molar-refractivity contribution is 0.0829. The molecule has 1 amide bonds. The van der Waals surface area contributed by atoms with Gasteiger partial charge in [-0.3, -0.25) is 9.88 Å². The van der Waals surface area contributed by atoms with Gasteiger partial charge in [-0.1, -0.05) is 6.07 Å². The van der Waals surface area contributed by atoms with E-state index in [4.69, 9.17) is 4.74 Å². The predicted octanol–water partition coefficient (Wildman–Crippen LogP) is 1.32. The summed E-state index contributed by atoms with van der Waals surface area (Å²) in [6.45, 7) is -0.294. The molecule has 2 aliphatic rings. The second-order valence-corrected chi connectivity index (χ2v) is 6.71. The van der Waals surface area contributed by atoms with Crippen molar-refractivity contribution in [1.82, 2.24) is 25.2 Å². The highest BCUT2D eigenvalue weighted by Crippen LogP contribution is 2.42. The molecule has 0 spiro atoms. The fourth-order valence-electron chi connectivity index (χ4n) is 3.76. The number of aromatic nitrogens is 5. The summed E-state index contributed by atoms with van der Waals surface area (Å²) in [4.78, 5) is 19.1. The van der Waals surface area contributed by atoms with E-state index in [1.807, 2.05) is 0 Å². The van der Waals surface area contributed by atoms with Crippen molar-refractivity contribution in [2.24, 2.45) is 7.05 Å². The lowest BCUT2D eigenvalue weighted by atomic mass is 9.99. The number of ether oxygens (including phenoxy) is 1. The van der Waals surface area contributed by atoms with Crippen molar-refractivity contribution < 1.29 is 19.0 Å². The number of amides is 1. The number of nitrogens with zero attached hydrogens (tertiary/aromatic N) is 6. The number of aryl methyl sites for hydroxylation is 1. The van der Waals surface area contributed by atoms with Crippen molar-refractivity contribution in [3.63, 3.8) is 0 Å². The maximum Gasteiger partial charge on any atom is 0.415 e. The number of aliphatic hydroxyl groups is 1. The number of halogens is 1. The molecule has 2 atom stereocenters. The van der Waals surface area contributed by atoms with Crippen molar-refractivity contribution in [3.8, 4) is 22.6 Å². The lowest BCUT2D eigenvalue weighted by Gasteiger charge is -2.14. The monoisotopic (exact) mass is 382 g/mol.